The van der Waals surface area contributed by atoms with Crippen molar-refractivity contribution in [1.82, 2.24) is 0 Å². The van der Waals surface area contributed by atoms with Crippen molar-refractivity contribution in [2.24, 2.45) is 17.8 Å². The van der Waals surface area contributed by atoms with Crippen LogP contribution in [0.25, 0.3) is 0 Å². The van der Waals surface area contributed by atoms with Gasteiger partial charge >= 0.3 is 5.97 Å². The highest BCUT2D eigenvalue weighted by Gasteiger charge is 2.32. The Morgan fingerprint density at radius 1 is 1.21 bits per heavy atom. The molecule has 1 saturated carbocycles. The van der Waals surface area contributed by atoms with Gasteiger partial charge in [-0.15, -0.1) is 0 Å². The van der Waals surface area contributed by atoms with E-state index in [1.165, 1.54) is 25.7 Å². The normalized spacial score (nSPS) is 21.7. The zero-order valence-corrected chi connectivity index (χ0v) is 17.9. The van der Waals surface area contributed by atoms with Crippen LogP contribution in [0.2, 0.25) is 0 Å². The van der Waals surface area contributed by atoms with Crippen molar-refractivity contribution in [2.75, 3.05) is 13.2 Å². The summed E-state index contributed by atoms with van der Waals surface area (Å²) in [5, 5.41) is 27.7. The Balaban J connectivity index is 2.30. The number of Topliss-reactive ketones (excluding diaryl/α,β-unsaturated/α-hetero) is 1. The average Bonchev–Trinajstić information content (AvgIpc) is 3.04. The topological polar surface area (TPSA) is 104 Å². The summed E-state index contributed by atoms with van der Waals surface area (Å²) in [6, 6.07) is 0. The monoisotopic (exact) mass is 412 g/mol. The fourth-order valence-corrected chi connectivity index (χ4v) is 4.08. The highest BCUT2D eigenvalue weighted by Crippen LogP contribution is 2.34. The summed E-state index contributed by atoms with van der Waals surface area (Å²) in [6.07, 6.45) is 14.4. The molecule has 0 aliphatic heterocycles. The number of carboxylic acid groups (broad SMARTS) is 1. The first-order valence-corrected chi connectivity index (χ1v) is 11.3. The summed E-state index contributed by atoms with van der Waals surface area (Å²) in [6.45, 7) is 1.87. The number of unbranched alkanes of at least 4 members (excludes halogenated alkanes) is 6. The third kappa shape index (κ3) is 10.4. The molecule has 168 valence electrons. The predicted molar refractivity (Wildman–Crippen MR) is 112 cm³/mol. The number of carbonyl (C=O) groups excluding carboxylic acids is 1. The van der Waals surface area contributed by atoms with Crippen molar-refractivity contribution in [3.8, 4) is 0 Å². The standard InChI is InChI=1S/C23H40O6/c1-2-3-4-5-6-8-11-18-14-15-21(25)19(18)12-9-7-10-13-20(22(26)27)23(28)29-17-16-24/h8,11,18-20,23-24,28H,2-7,9-10,12-17H2,1H3,(H,26,27)/t18-,19+,20?,23?/m0/s1. The van der Waals surface area contributed by atoms with Crippen LogP contribution in [-0.4, -0.2) is 46.6 Å². The lowest BCUT2D eigenvalue weighted by atomic mass is 9.89. The zero-order chi connectivity index (χ0) is 21.5. The minimum Gasteiger partial charge on any atom is -0.481 e. The van der Waals surface area contributed by atoms with Gasteiger partial charge in [-0.05, 0) is 38.0 Å². The van der Waals surface area contributed by atoms with E-state index >= 15 is 0 Å². The SMILES string of the molecule is CCCCCCC=C[C@H]1CCC(=O)[C@@H]1CCCCCC(C(=O)O)C(O)OCCO. The van der Waals surface area contributed by atoms with Crippen LogP contribution in [0.3, 0.4) is 0 Å². The van der Waals surface area contributed by atoms with Gasteiger partial charge in [-0.3, -0.25) is 9.59 Å². The van der Waals surface area contributed by atoms with Crippen LogP contribution in [0.1, 0.15) is 84.0 Å². The molecule has 2 unspecified atom stereocenters. The van der Waals surface area contributed by atoms with Crippen LogP contribution in [0.15, 0.2) is 12.2 Å². The summed E-state index contributed by atoms with van der Waals surface area (Å²) in [7, 11) is 0. The minimum atomic E-state index is -1.40. The lowest BCUT2D eigenvalue weighted by molar-refractivity contribution is -0.173. The second kappa shape index (κ2) is 15.6. The third-order valence-electron chi connectivity index (χ3n) is 5.83. The molecule has 1 fully saturated rings. The molecular formula is C23H40O6. The maximum atomic E-state index is 12.2. The lowest BCUT2D eigenvalue weighted by Crippen LogP contribution is -2.31. The van der Waals surface area contributed by atoms with Crippen molar-refractivity contribution in [1.29, 1.82) is 0 Å². The predicted octanol–water partition coefficient (Wildman–Crippen LogP) is 4.09. The van der Waals surface area contributed by atoms with E-state index in [4.69, 9.17) is 9.84 Å². The van der Waals surface area contributed by atoms with Gasteiger partial charge in [0.2, 0.25) is 0 Å². The Hall–Kier alpha value is -1.24. The summed E-state index contributed by atoms with van der Waals surface area (Å²) in [5.74, 6) is -1.25. The molecular weight excluding hydrogens is 372 g/mol. The van der Waals surface area contributed by atoms with Crippen molar-refractivity contribution >= 4 is 11.8 Å². The molecule has 0 aromatic carbocycles. The van der Waals surface area contributed by atoms with Crippen molar-refractivity contribution in [3.63, 3.8) is 0 Å². The van der Waals surface area contributed by atoms with Gasteiger partial charge in [0.05, 0.1) is 13.2 Å². The summed E-state index contributed by atoms with van der Waals surface area (Å²) in [4.78, 5) is 23.5. The van der Waals surface area contributed by atoms with E-state index in [1.807, 2.05) is 0 Å². The third-order valence-corrected chi connectivity index (χ3v) is 5.83. The Morgan fingerprint density at radius 3 is 2.66 bits per heavy atom. The van der Waals surface area contributed by atoms with E-state index in [0.717, 1.165) is 32.1 Å². The maximum Gasteiger partial charge on any atom is 0.311 e. The van der Waals surface area contributed by atoms with Crippen molar-refractivity contribution in [3.05, 3.63) is 12.2 Å². The molecule has 4 atom stereocenters. The number of hydrogen-bond donors (Lipinski definition) is 3. The smallest absolute Gasteiger partial charge is 0.311 e. The fraction of sp³-hybridized carbons (Fsp3) is 0.826. The van der Waals surface area contributed by atoms with E-state index in [0.29, 0.717) is 31.0 Å². The first-order chi connectivity index (χ1) is 14.0. The van der Waals surface area contributed by atoms with Gasteiger partial charge in [-0.25, -0.2) is 0 Å². The molecule has 3 N–H and O–H groups in total. The maximum absolute atomic E-state index is 12.2. The molecule has 0 saturated heterocycles. The van der Waals surface area contributed by atoms with E-state index in [-0.39, 0.29) is 19.1 Å². The number of carbonyl (C=O) groups is 2. The van der Waals surface area contributed by atoms with Gasteiger partial charge < -0.3 is 20.1 Å². The number of carboxylic acids is 1. The Morgan fingerprint density at radius 2 is 1.97 bits per heavy atom. The van der Waals surface area contributed by atoms with Crippen LogP contribution >= 0.6 is 0 Å². The van der Waals surface area contributed by atoms with Crippen LogP contribution in [0, 0.1) is 17.8 Å². The number of rotatable bonds is 17. The first kappa shape index (κ1) is 25.8. The van der Waals surface area contributed by atoms with Crippen LogP contribution in [-0.2, 0) is 14.3 Å². The Bertz CT molecular complexity index is 490. The molecule has 0 aromatic rings. The molecule has 0 bridgehead atoms. The van der Waals surface area contributed by atoms with Gasteiger partial charge in [0.25, 0.3) is 0 Å². The summed E-state index contributed by atoms with van der Waals surface area (Å²) in [5.41, 5.74) is 0. The quantitative estimate of drug-likeness (QED) is 0.189. The summed E-state index contributed by atoms with van der Waals surface area (Å²) < 4.78 is 4.92. The highest BCUT2D eigenvalue weighted by molar-refractivity contribution is 5.83. The van der Waals surface area contributed by atoms with Gasteiger partial charge in [-0.2, -0.15) is 0 Å². The molecule has 0 heterocycles. The average molecular weight is 413 g/mol. The Kier molecular flexibility index (Phi) is 13.9. The number of allylic oxidation sites excluding steroid dienone is 2. The molecule has 1 aliphatic carbocycles. The van der Waals surface area contributed by atoms with Gasteiger partial charge in [0, 0.05) is 12.3 Å². The highest BCUT2D eigenvalue weighted by atomic mass is 16.6. The molecule has 29 heavy (non-hydrogen) atoms. The second-order valence-corrected chi connectivity index (χ2v) is 8.12. The first-order valence-electron chi connectivity index (χ1n) is 11.3. The molecule has 0 radical (unpaired) electrons. The molecule has 0 aromatic heterocycles. The number of aliphatic hydroxyl groups excluding tert-OH is 2. The van der Waals surface area contributed by atoms with Gasteiger partial charge in [-0.1, -0.05) is 57.6 Å². The van der Waals surface area contributed by atoms with E-state index in [9.17, 15) is 19.8 Å². The minimum absolute atomic E-state index is 0.0811. The van der Waals surface area contributed by atoms with Gasteiger partial charge in [0.15, 0.2) is 6.29 Å². The van der Waals surface area contributed by atoms with E-state index in [1.54, 1.807) is 0 Å². The zero-order valence-electron chi connectivity index (χ0n) is 17.9. The van der Waals surface area contributed by atoms with E-state index in [2.05, 4.69) is 19.1 Å². The number of ether oxygens (including phenoxy) is 1. The molecule has 1 aliphatic rings. The lowest BCUT2D eigenvalue weighted by Gasteiger charge is -2.19. The Labute approximate surface area is 175 Å². The van der Waals surface area contributed by atoms with Crippen LogP contribution in [0.5, 0.6) is 0 Å². The molecule has 0 spiro atoms. The fourth-order valence-electron chi connectivity index (χ4n) is 4.08. The molecule has 0 amide bonds. The van der Waals surface area contributed by atoms with Crippen molar-refractivity contribution in [2.45, 2.75) is 90.3 Å². The number of hydrogen-bond acceptors (Lipinski definition) is 5. The second-order valence-electron chi connectivity index (χ2n) is 8.12. The van der Waals surface area contributed by atoms with Crippen molar-refractivity contribution < 1.29 is 29.6 Å². The molecule has 1 rings (SSSR count). The number of ketones is 1. The van der Waals surface area contributed by atoms with Gasteiger partial charge in [0.1, 0.15) is 11.7 Å². The molecule has 6 heteroatoms. The van der Waals surface area contributed by atoms with Crippen LogP contribution < -0.4 is 0 Å². The van der Waals surface area contributed by atoms with E-state index < -0.39 is 18.2 Å². The molecule has 6 nitrogen and oxygen atoms in total. The summed E-state index contributed by atoms with van der Waals surface area (Å²) >= 11 is 0. The largest absolute Gasteiger partial charge is 0.481 e. The number of aliphatic hydroxyl groups is 2. The number of aliphatic carboxylic acids is 1. The van der Waals surface area contributed by atoms with Crippen LogP contribution in [0.4, 0.5) is 0 Å².